The zero-order chi connectivity index (χ0) is 9.42. The highest BCUT2D eigenvalue weighted by atomic mass is 35.5. The molecule has 2 rings (SSSR count). The minimum absolute atomic E-state index is 0.204. The fraction of sp³-hybridized carbons (Fsp3) is 0.667. The van der Waals surface area contributed by atoms with Gasteiger partial charge >= 0.3 is 5.97 Å². The summed E-state index contributed by atoms with van der Waals surface area (Å²) in [5, 5.41) is 12.0. The summed E-state index contributed by atoms with van der Waals surface area (Å²) in [5.41, 5.74) is 0.348. The van der Waals surface area contributed by atoms with Gasteiger partial charge in [-0.1, -0.05) is 0 Å². The maximum atomic E-state index is 10.7. The maximum absolute atomic E-state index is 10.7. The van der Waals surface area contributed by atoms with Gasteiger partial charge in [-0.25, -0.2) is 4.79 Å². The lowest BCUT2D eigenvalue weighted by Gasteiger charge is -2.28. The third kappa shape index (κ3) is 1.66. The van der Waals surface area contributed by atoms with Crippen molar-refractivity contribution in [1.29, 1.82) is 0 Å². The van der Waals surface area contributed by atoms with Crippen LogP contribution in [0.15, 0.2) is 11.8 Å². The zero-order valence-electron chi connectivity index (χ0n) is 7.16. The van der Waals surface area contributed by atoms with Crippen LogP contribution in [0.3, 0.4) is 0 Å². The van der Waals surface area contributed by atoms with E-state index in [0.29, 0.717) is 11.6 Å². The molecule has 0 aromatic heterocycles. The molecule has 0 radical (unpaired) electrons. The van der Waals surface area contributed by atoms with Crippen molar-refractivity contribution < 1.29 is 9.90 Å². The Kier molecular flexibility index (Phi) is 2.20. The van der Waals surface area contributed by atoms with Crippen LogP contribution in [-0.2, 0) is 4.79 Å². The number of fused-ring (bicyclic) bond motifs is 1. The molecule has 0 spiro atoms. The van der Waals surface area contributed by atoms with Crippen molar-refractivity contribution >= 4 is 17.6 Å². The summed E-state index contributed by atoms with van der Waals surface area (Å²) in [5.74, 6) is -0.485. The third-order valence-corrected chi connectivity index (χ3v) is 3.19. The molecule has 2 aliphatic rings. The lowest BCUT2D eigenvalue weighted by atomic mass is 9.86. The van der Waals surface area contributed by atoms with Crippen molar-refractivity contribution in [3.05, 3.63) is 11.8 Å². The number of carboxylic acid groups (broad SMARTS) is 1. The van der Waals surface area contributed by atoms with Gasteiger partial charge in [0.25, 0.3) is 0 Å². The summed E-state index contributed by atoms with van der Waals surface area (Å²) in [6, 6.07) is 0.252. The van der Waals surface area contributed by atoms with Gasteiger partial charge in [0, 0.05) is 11.4 Å². The highest BCUT2D eigenvalue weighted by Gasteiger charge is 2.34. The van der Waals surface area contributed by atoms with E-state index in [4.69, 9.17) is 16.7 Å². The van der Waals surface area contributed by atoms with E-state index >= 15 is 0 Å². The van der Waals surface area contributed by atoms with E-state index in [2.05, 4.69) is 5.32 Å². The van der Waals surface area contributed by atoms with Gasteiger partial charge in [-0.15, -0.1) is 11.6 Å². The SMILES string of the molecule is O=C(O)C1=CC2CCC(Cl)CC2N1. The number of nitrogens with one attached hydrogen (secondary N) is 1. The molecule has 3 atom stereocenters. The molecule has 2 N–H and O–H groups in total. The molecule has 0 saturated heterocycles. The first-order valence-electron chi connectivity index (χ1n) is 4.52. The molecule has 0 amide bonds. The number of carbonyl (C=O) groups is 1. The van der Waals surface area contributed by atoms with E-state index in [1.807, 2.05) is 6.08 Å². The van der Waals surface area contributed by atoms with Crippen LogP contribution in [0.4, 0.5) is 0 Å². The second-order valence-corrected chi connectivity index (χ2v) is 4.33. The fourth-order valence-electron chi connectivity index (χ4n) is 2.10. The largest absolute Gasteiger partial charge is 0.477 e. The maximum Gasteiger partial charge on any atom is 0.351 e. The quantitative estimate of drug-likeness (QED) is 0.630. The van der Waals surface area contributed by atoms with Crippen molar-refractivity contribution in [2.45, 2.75) is 30.7 Å². The number of hydrogen-bond donors (Lipinski definition) is 2. The highest BCUT2D eigenvalue weighted by molar-refractivity contribution is 6.20. The van der Waals surface area contributed by atoms with Crippen molar-refractivity contribution in [3.63, 3.8) is 0 Å². The van der Waals surface area contributed by atoms with Crippen LogP contribution in [0.1, 0.15) is 19.3 Å². The average molecular weight is 202 g/mol. The first kappa shape index (κ1) is 8.88. The Bertz CT molecular complexity index is 264. The second kappa shape index (κ2) is 3.22. The summed E-state index contributed by atoms with van der Waals surface area (Å²) >= 11 is 6.00. The topological polar surface area (TPSA) is 49.3 Å². The number of halogens is 1. The average Bonchev–Trinajstić information content (AvgIpc) is 2.46. The summed E-state index contributed by atoms with van der Waals surface area (Å²) < 4.78 is 0. The van der Waals surface area contributed by atoms with Crippen LogP contribution < -0.4 is 5.32 Å². The molecule has 1 aliphatic heterocycles. The number of carboxylic acids is 1. The van der Waals surface area contributed by atoms with E-state index in [0.717, 1.165) is 19.3 Å². The lowest BCUT2D eigenvalue weighted by molar-refractivity contribution is -0.133. The molecule has 3 nitrogen and oxygen atoms in total. The van der Waals surface area contributed by atoms with Crippen molar-refractivity contribution in [3.8, 4) is 0 Å². The van der Waals surface area contributed by atoms with E-state index in [1.54, 1.807) is 0 Å². The summed E-state index contributed by atoms with van der Waals surface area (Å²) in [4.78, 5) is 10.7. The Morgan fingerprint density at radius 2 is 2.38 bits per heavy atom. The standard InChI is InChI=1S/C9H12ClNO2/c10-6-2-1-5-3-8(9(12)13)11-7(5)4-6/h3,5-7,11H,1-2,4H2,(H,12,13). The Morgan fingerprint density at radius 3 is 3.08 bits per heavy atom. The second-order valence-electron chi connectivity index (χ2n) is 3.71. The smallest absolute Gasteiger partial charge is 0.351 e. The predicted octanol–water partition coefficient (Wildman–Crippen LogP) is 1.33. The molecule has 0 bridgehead atoms. The highest BCUT2D eigenvalue weighted by Crippen LogP contribution is 2.33. The molecule has 1 aliphatic carbocycles. The molecule has 0 aromatic carbocycles. The number of alkyl halides is 1. The Morgan fingerprint density at radius 1 is 1.62 bits per heavy atom. The Balaban J connectivity index is 2.06. The molecule has 0 aromatic rings. The van der Waals surface area contributed by atoms with Gasteiger partial charge in [0.05, 0.1) is 0 Å². The van der Waals surface area contributed by atoms with Gasteiger partial charge < -0.3 is 10.4 Å². The van der Waals surface area contributed by atoms with Gasteiger partial charge in [-0.05, 0) is 31.3 Å². The number of hydrogen-bond acceptors (Lipinski definition) is 2. The van der Waals surface area contributed by atoms with Gasteiger partial charge in [0.1, 0.15) is 5.70 Å². The minimum atomic E-state index is -0.861. The van der Waals surface area contributed by atoms with Crippen LogP contribution in [0, 0.1) is 5.92 Å². The minimum Gasteiger partial charge on any atom is -0.477 e. The molecule has 72 valence electrons. The van der Waals surface area contributed by atoms with Crippen molar-refractivity contribution in [2.24, 2.45) is 5.92 Å². The van der Waals surface area contributed by atoms with Crippen molar-refractivity contribution in [2.75, 3.05) is 0 Å². The van der Waals surface area contributed by atoms with Crippen molar-refractivity contribution in [1.82, 2.24) is 5.32 Å². The molecule has 13 heavy (non-hydrogen) atoms. The van der Waals surface area contributed by atoms with E-state index in [9.17, 15) is 4.79 Å². The van der Waals surface area contributed by atoms with E-state index < -0.39 is 5.97 Å². The molecule has 1 saturated carbocycles. The van der Waals surface area contributed by atoms with Crippen LogP contribution >= 0.6 is 11.6 Å². The molecule has 4 heteroatoms. The molecule has 1 fully saturated rings. The van der Waals surface area contributed by atoms with Gasteiger partial charge in [0.15, 0.2) is 0 Å². The lowest BCUT2D eigenvalue weighted by Crippen LogP contribution is -2.36. The van der Waals surface area contributed by atoms with E-state index in [-0.39, 0.29) is 11.4 Å². The molecular weight excluding hydrogens is 190 g/mol. The monoisotopic (exact) mass is 201 g/mol. The molecule has 3 unspecified atom stereocenters. The normalized spacial score (nSPS) is 37.6. The number of rotatable bonds is 1. The summed E-state index contributed by atoms with van der Waals surface area (Å²) in [6.07, 6.45) is 4.70. The Labute approximate surface area is 81.8 Å². The van der Waals surface area contributed by atoms with Crippen LogP contribution in [0.5, 0.6) is 0 Å². The van der Waals surface area contributed by atoms with Gasteiger partial charge in [-0.3, -0.25) is 0 Å². The Hall–Kier alpha value is -0.700. The molecule has 1 heterocycles. The van der Waals surface area contributed by atoms with Gasteiger partial charge in [-0.2, -0.15) is 0 Å². The fourth-order valence-corrected chi connectivity index (χ4v) is 2.42. The van der Waals surface area contributed by atoms with Crippen LogP contribution in [0.2, 0.25) is 0 Å². The zero-order valence-corrected chi connectivity index (χ0v) is 7.92. The summed E-state index contributed by atoms with van der Waals surface area (Å²) in [6.45, 7) is 0. The van der Waals surface area contributed by atoms with Gasteiger partial charge in [0.2, 0.25) is 0 Å². The number of aliphatic carboxylic acids is 1. The van der Waals surface area contributed by atoms with Crippen LogP contribution in [0.25, 0.3) is 0 Å². The predicted molar refractivity (Wildman–Crippen MR) is 49.6 cm³/mol. The van der Waals surface area contributed by atoms with E-state index in [1.165, 1.54) is 0 Å². The first-order chi connectivity index (χ1) is 6.16. The summed E-state index contributed by atoms with van der Waals surface area (Å²) in [7, 11) is 0. The third-order valence-electron chi connectivity index (χ3n) is 2.79. The van der Waals surface area contributed by atoms with Crippen LogP contribution in [-0.4, -0.2) is 22.5 Å². The first-order valence-corrected chi connectivity index (χ1v) is 4.96. The molecular formula is C9H12ClNO2.